The molecule has 11 nitrogen and oxygen atoms in total. The molecule has 0 radical (unpaired) electrons. The van der Waals surface area contributed by atoms with Crippen molar-refractivity contribution >= 4 is 31.6 Å². The zero-order valence-corrected chi connectivity index (χ0v) is 21.8. The van der Waals surface area contributed by atoms with Crippen molar-refractivity contribution in [3.05, 3.63) is 54.6 Å². The maximum atomic E-state index is 13.7. The molecule has 1 aliphatic rings. The number of hydroxylamine groups is 1. The topological polar surface area (TPSA) is 145 Å². The molecule has 1 saturated heterocycles. The number of ether oxygens (including phenoxy) is 1. The molecule has 0 aliphatic carbocycles. The summed E-state index contributed by atoms with van der Waals surface area (Å²) in [6.07, 6.45) is 0. The van der Waals surface area contributed by atoms with Crippen LogP contribution >= 0.6 is 0 Å². The Bertz CT molecular complexity index is 1210. The first-order valence-electron chi connectivity index (χ1n) is 11.5. The van der Waals surface area contributed by atoms with Gasteiger partial charge in [0.1, 0.15) is 6.04 Å². The Morgan fingerprint density at radius 3 is 2.17 bits per heavy atom. The van der Waals surface area contributed by atoms with Gasteiger partial charge in [0, 0.05) is 31.9 Å². The molecule has 1 aliphatic heterocycles. The molecule has 1 atom stereocenters. The zero-order chi connectivity index (χ0) is 26.3. The molecule has 36 heavy (non-hydrogen) atoms. The number of morpholine rings is 1. The standard InChI is InChI=1S/C23H32N4O7S2/c1-18(2)22(23(28)24-29)27(13-12-26-14-16-34-17-15-26)36(32,33)21-10-8-19(9-11-21)25-35(30,31)20-6-4-3-5-7-20/h3-11,18,22,25,29H,12-17H2,1-2H3,(H,24,28)/t22-/m1/s1. The maximum absolute atomic E-state index is 13.7. The van der Waals surface area contributed by atoms with Crippen LogP contribution in [-0.2, 0) is 29.6 Å². The highest BCUT2D eigenvalue weighted by Crippen LogP contribution is 2.25. The number of carbonyl (C=O) groups excluding carboxylic acids is 1. The number of sulfonamides is 2. The summed E-state index contributed by atoms with van der Waals surface area (Å²) < 4.78 is 61.4. The number of benzene rings is 2. The predicted octanol–water partition coefficient (Wildman–Crippen LogP) is 1.34. The molecule has 0 saturated carbocycles. The summed E-state index contributed by atoms with van der Waals surface area (Å²) in [5.41, 5.74) is 1.77. The maximum Gasteiger partial charge on any atom is 0.262 e. The number of nitrogens with zero attached hydrogens (tertiary/aromatic N) is 2. The van der Waals surface area contributed by atoms with E-state index in [1.807, 2.05) is 4.90 Å². The Morgan fingerprint density at radius 2 is 1.61 bits per heavy atom. The number of nitrogens with one attached hydrogen (secondary N) is 2. The van der Waals surface area contributed by atoms with Gasteiger partial charge in [0.2, 0.25) is 10.0 Å². The Labute approximate surface area is 212 Å². The number of carbonyl (C=O) groups is 1. The van der Waals surface area contributed by atoms with Crippen LogP contribution in [-0.4, -0.2) is 82.6 Å². The number of hydrogen-bond acceptors (Lipinski definition) is 8. The van der Waals surface area contributed by atoms with Gasteiger partial charge < -0.3 is 4.74 Å². The van der Waals surface area contributed by atoms with E-state index >= 15 is 0 Å². The predicted molar refractivity (Wildman–Crippen MR) is 133 cm³/mol. The summed E-state index contributed by atoms with van der Waals surface area (Å²) in [5, 5.41) is 9.28. The summed E-state index contributed by atoms with van der Waals surface area (Å²) >= 11 is 0. The van der Waals surface area contributed by atoms with Gasteiger partial charge in [0.25, 0.3) is 15.9 Å². The Kier molecular flexibility index (Phi) is 9.44. The summed E-state index contributed by atoms with van der Waals surface area (Å²) in [7, 11) is -8.03. The minimum absolute atomic E-state index is 0.0149. The van der Waals surface area contributed by atoms with Crippen LogP contribution in [0.4, 0.5) is 5.69 Å². The summed E-state index contributed by atoms with van der Waals surface area (Å²) in [4.78, 5) is 14.5. The SMILES string of the molecule is CC(C)[C@H](C(=O)NO)N(CCN1CCOCC1)S(=O)(=O)c1ccc(NS(=O)(=O)c2ccccc2)cc1. The van der Waals surface area contributed by atoms with Crippen molar-refractivity contribution in [3.8, 4) is 0 Å². The van der Waals surface area contributed by atoms with Crippen LogP contribution < -0.4 is 10.2 Å². The van der Waals surface area contributed by atoms with E-state index in [0.717, 1.165) is 4.31 Å². The molecule has 2 aromatic carbocycles. The van der Waals surface area contributed by atoms with Crippen LogP contribution in [0.3, 0.4) is 0 Å². The average molecular weight is 541 g/mol. The van der Waals surface area contributed by atoms with Gasteiger partial charge in [-0.3, -0.25) is 19.6 Å². The van der Waals surface area contributed by atoms with Crippen molar-refractivity contribution in [2.24, 2.45) is 5.92 Å². The fourth-order valence-corrected chi connectivity index (χ4v) is 6.74. The monoisotopic (exact) mass is 540 g/mol. The molecule has 0 bridgehead atoms. The molecule has 2 aromatic rings. The van der Waals surface area contributed by atoms with Crippen molar-refractivity contribution in [1.29, 1.82) is 0 Å². The van der Waals surface area contributed by atoms with Crippen LogP contribution in [0, 0.1) is 5.92 Å². The lowest BCUT2D eigenvalue weighted by Gasteiger charge is -2.34. The third-order valence-electron chi connectivity index (χ3n) is 5.83. The van der Waals surface area contributed by atoms with Gasteiger partial charge in [-0.1, -0.05) is 32.0 Å². The molecule has 0 unspecified atom stereocenters. The summed E-state index contributed by atoms with van der Waals surface area (Å²) in [5.74, 6) is -1.27. The Morgan fingerprint density at radius 1 is 1.00 bits per heavy atom. The molecule has 3 rings (SSSR count). The van der Waals surface area contributed by atoms with E-state index in [1.165, 1.54) is 36.4 Å². The van der Waals surface area contributed by atoms with Crippen LogP contribution in [0.5, 0.6) is 0 Å². The van der Waals surface area contributed by atoms with Gasteiger partial charge in [0.15, 0.2) is 0 Å². The number of amides is 1. The fourth-order valence-electron chi connectivity index (χ4n) is 3.95. The first-order chi connectivity index (χ1) is 17.1. The average Bonchev–Trinajstić information content (AvgIpc) is 2.87. The first kappa shape index (κ1) is 28.0. The second kappa shape index (κ2) is 12.1. The molecule has 1 fully saturated rings. The lowest BCUT2D eigenvalue weighted by molar-refractivity contribution is -0.134. The molecule has 13 heteroatoms. The number of anilines is 1. The Hall–Kier alpha value is -2.55. The number of rotatable bonds is 11. The number of hydrogen-bond donors (Lipinski definition) is 3. The van der Waals surface area contributed by atoms with E-state index in [0.29, 0.717) is 32.8 Å². The Balaban J connectivity index is 1.87. The van der Waals surface area contributed by atoms with Crippen molar-refractivity contribution in [2.45, 2.75) is 29.7 Å². The normalized spacial score (nSPS) is 16.1. The van der Waals surface area contributed by atoms with Crippen molar-refractivity contribution in [1.82, 2.24) is 14.7 Å². The first-order valence-corrected chi connectivity index (χ1v) is 14.4. The molecule has 1 heterocycles. The lowest BCUT2D eigenvalue weighted by atomic mass is 10.0. The second-order valence-electron chi connectivity index (χ2n) is 8.68. The van der Waals surface area contributed by atoms with Crippen LogP contribution in [0.25, 0.3) is 0 Å². The minimum Gasteiger partial charge on any atom is -0.379 e. The van der Waals surface area contributed by atoms with E-state index in [-0.39, 0.29) is 22.0 Å². The van der Waals surface area contributed by atoms with E-state index in [4.69, 9.17) is 4.74 Å². The van der Waals surface area contributed by atoms with Gasteiger partial charge in [-0.05, 0) is 42.3 Å². The van der Waals surface area contributed by atoms with Gasteiger partial charge in [-0.2, -0.15) is 4.31 Å². The minimum atomic E-state index is -4.19. The molecule has 1 amide bonds. The van der Waals surface area contributed by atoms with Gasteiger partial charge in [0.05, 0.1) is 23.0 Å². The molecule has 3 N–H and O–H groups in total. The van der Waals surface area contributed by atoms with Crippen molar-refractivity contribution < 1.29 is 31.6 Å². The van der Waals surface area contributed by atoms with Gasteiger partial charge in [-0.25, -0.2) is 22.3 Å². The zero-order valence-electron chi connectivity index (χ0n) is 20.2. The van der Waals surface area contributed by atoms with Gasteiger partial charge >= 0.3 is 0 Å². The molecule has 0 spiro atoms. The summed E-state index contributed by atoms with van der Waals surface area (Å²) in [6, 6.07) is 11.9. The largest absolute Gasteiger partial charge is 0.379 e. The van der Waals surface area contributed by atoms with Crippen LogP contribution in [0.15, 0.2) is 64.4 Å². The molecular weight excluding hydrogens is 508 g/mol. The quantitative estimate of drug-likeness (QED) is 0.286. The van der Waals surface area contributed by atoms with Crippen LogP contribution in [0.1, 0.15) is 13.8 Å². The van der Waals surface area contributed by atoms with E-state index in [1.54, 1.807) is 37.5 Å². The smallest absolute Gasteiger partial charge is 0.262 e. The van der Waals surface area contributed by atoms with Crippen molar-refractivity contribution in [2.75, 3.05) is 44.1 Å². The van der Waals surface area contributed by atoms with E-state index < -0.39 is 37.9 Å². The molecular formula is C23H32N4O7S2. The van der Waals surface area contributed by atoms with E-state index in [2.05, 4.69) is 4.72 Å². The second-order valence-corrected chi connectivity index (χ2v) is 12.3. The molecule has 0 aromatic heterocycles. The third-order valence-corrected chi connectivity index (χ3v) is 9.12. The summed E-state index contributed by atoms with van der Waals surface area (Å²) in [6.45, 7) is 6.14. The fraction of sp³-hybridized carbons (Fsp3) is 0.435. The highest BCUT2D eigenvalue weighted by atomic mass is 32.2. The third kappa shape index (κ3) is 6.81. The van der Waals surface area contributed by atoms with Gasteiger partial charge in [-0.15, -0.1) is 0 Å². The van der Waals surface area contributed by atoms with E-state index in [9.17, 15) is 26.8 Å². The molecule has 198 valence electrons. The highest BCUT2D eigenvalue weighted by molar-refractivity contribution is 7.92. The van der Waals surface area contributed by atoms with Crippen LogP contribution in [0.2, 0.25) is 0 Å². The van der Waals surface area contributed by atoms with Crippen molar-refractivity contribution in [3.63, 3.8) is 0 Å². The highest BCUT2D eigenvalue weighted by Gasteiger charge is 2.38. The lowest BCUT2D eigenvalue weighted by Crippen LogP contribution is -2.54.